The fourth-order valence-electron chi connectivity index (χ4n) is 2.38. The molecule has 1 atom stereocenters. The largest absolute Gasteiger partial charge is 0.494 e. The molecule has 0 spiro atoms. The van der Waals surface area contributed by atoms with Gasteiger partial charge < -0.3 is 14.4 Å². The molecule has 0 unspecified atom stereocenters. The zero-order valence-electron chi connectivity index (χ0n) is 12.3. The summed E-state index contributed by atoms with van der Waals surface area (Å²) in [5.74, 6) is -0.0768. The van der Waals surface area contributed by atoms with Crippen LogP contribution in [-0.4, -0.2) is 37.8 Å². The summed E-state index contributed by atoms with van der Waals surface area (Å²) in [7, 11) is 1.37. The number of rotatable bonds is 5. The molecule has 0 amide bonds. The Morgan fingerprint density at radius 3 is 3.00 bits per heavy atom. The molecule has 0 aromatic carbocycles. The van der Waals surface area contributed by atoms with E-state index in [4.69, 9.17) is 9.47 Å². The molecule has 6 heteroatoms. The lowest BCUT2D eigenvalue weighted by Gasteiger charge is -2.18. The molecule has 0 N–H and O–H groups in total. The number of esters is 1. The molecule has 0 radical (unpaired) electrons. The second-order valence-electron chi connectivity index (χ2n) is 4.83. The molecule has 21 heavy (non-hydrogen) atoms. The van der Waals surface area contributed by atoms with E-state index in [0.717, 1.165) is 0 Å². The normalized spacial score (nSPS) is 17.7. The van der Waals surface area contributed by atoms with Gasteiger partial charge in [-0.2, -0.15) is 0 Å². The van der Waals surface area contributed by atoms with Crippen molar-refractivity contribution in [1.29, 1.82) is 0 Å². The number of ether oxygens (including phenoxy) is 2. The van der Waals surface area contributed by atoms with Gasteiger partial charge in [-0.3, -0.25) is 4.79 Å². The lowest BCUT2D eigenvalue weighted by Crippen LogP contribution is -2.24. The van der Waals surface area contributed by atoms with Gasteiger partial charge in [-0.25, -0.2) is 9.37 Å². The van der Waals surface area contributed by atoms with Crippen LogP contribution in [0.2, 0.25) is 0 Å². The van der Waals surface area contributed by atoms with Crippen molar-refractivity contribution in [3.05, 3.63) is 30.2 Å². The van der Waals surface area contributed by atoms with Gasteiger partial charge in [0.1, 0.15) is 17.4 Å². The summed E-state index contributed by atoms with van der Waals surface area (Å²) in [5.41, 5.74) is 0.254. The summed E-state index contributed by atoms with van der Waals surface area (Å²) in [5, 5.41) is 0. The van der Waals surface area contributed by atoms with Gasteiger partial charge in [0.15, 0.2) is 0 Å². The van der Waals surface area contributed by atoms with Gasteiger partial charge in [0.25, 0.3) is 0 Å². The van der Waals surface area contributed by atoms with Crippen LogP contribution >= 0.6 is 0 Å². The van der Waals surface area contributed by atoms with E-state index < -0.39 is 5.82 Å². The van der Waals surface area contributed by atoms with E-state index in [-0.39, 0.29) is 23.2 Å². The number of hydrogen-bond donors (Lipinski definition) is 0. The number of aromatic nitrogens is 1. The molecular weight excluding hydrogens is 275 g/mol. The minimum atomic E-state index is -0.431. The molecule has 2 rings (SSSR count). The zero-order valence-corrected chi connectivity index (χ0v) is 12.3. The third-order valence-electron chi connectivity index (χ3n) is 3.50. The first-order valence-corrected chi connectivity index (χ1v) is 6.87. The highest BCUT2D eigenvalue weighted by atomic mass is 19.1. The fraction of sp³-hybridized carbons (Fsp3) is 0.467. The summed E-state index contributed by atoms with van der Waals surface area (Å²) < 4.78 is 24.0. The highest BCUT2D eigenvalue weighted by molar-refractivity contribution is 5.74. The molecule has 5 nitrogen and oxygen atoms in total. The number of anilines is 1. The van der Waals surface area contributed by atoms with Crippen molar-refractivity contribution in [2.45, 2.75) is 13.3 Å². The Hall–Kier alpha value is -2.11. The van der Waals surface area contributed by atoms with Gasteiger partial charge in [0.05, 0.1) is 25.2 Å². The second kappa shape index (κ2) is 6.56. The summed E-state index contributed by atoms with van der Waals surface area (Å²) >= 11 is 0. The SMILES string of the molecule is C=C(OCC)c1cnc(N2CC[C@H](C(=O)OC)C2)cc1F. The van der Waals surface area contributed by atoms with Crippen molar-refractivity contribution in [2.24, 2.45) is 5.92 Å². The van der Waals surface area contributed by atoms with Gasteiger partial charge in [-0.15, -0.1) is 0 Å². The van der Waals surface area contributed by atoms with Crippen LogP contribution in [0.15, 0.2) is 18.8 Å². The van der Waals surface area contributed by atoms with Gasteiger partial charge in [0, 0.05) is 25.4 Å². The number of carbonyl (C=O) groups is 1. The first kappa shape index (κ1) is 15.3. The summed E-state index contributed by atoms with van der Waals surface area (Å²) in [4.78, 5) is 17.6. The molecule has 1 saturated heterocycles. The Balaban J connectivity index is 2.11. The maximum atomic E-state index is 14.1. The average Bonchev–Trinajstić information content (AvgIpc) is 2.96. The predicted molar refractivity (Wildman–Crippen MR) is 77.2 cm³/mol. The minimum absolute atomic E-state index is 0.182. The number of methoxy groups -OCH3 is 1. The van der Waals surface area contributed by atoms with Crippen molar-refractivity contribution < 1.29 is 18.7 Å². The second-order valence-corrected chi connectivity index (χ2v) is 4.83. The van der Waals surface area contributed by atoms with Crippen LogP contribution in [-0.2, 0) is 14.3 Å². The molecule has 0 bridgehead atoms. The van der Waals surface area contributed by atoms with Crippen LogP contribution in [0.5, 0.6) is 0 Å². The summed E-state index contributed by atoms with van der Waals surface area (Å²) in [6.45, 7) is 7.04. The molecule has 1 aliphatic heterocycles. The molecule has 0 aliphatic carbocycles. The van der Waals surface area contributed by atoms with Gasteiger partial charge in [-0.05, 0) is 13.3 Å². The van der Waals surface area contributed by atoms with Crippen LogP contribution in [0, 0.1) is 11.7 Å². The number of hydrogen-bond acceptors (Lipinski definition) is 5. The average molecular weight is 294 g/mol. The van der Waals surface area contributed by atoms with Crippen LogP contribution < -0.4 is 4.90 Å². The molecule has 2 heterocycles. The summed E-state index contributed by atoms with van der Waals surface area (Å²) in [6, 6.07) is 1.35. The highest BCUT2D eigenvalue weighted by Gasteiger charge is 2.30. The third-order valence-corrected chi connectivity index (χ3v) is 3.50. The maximum absolute atomic E-state index is 14.1. The van der Waals surface area contributed by atoms with Crippen molar-refractivity contribution in [2.75, 3.05) is 31.7 Å². The summed E-state index contributed by atoms with van der Waals surface area (Å²) in [6.07, 6.45) is 2.09. The van der Waals surface area contributed by atoms with Gasteiger partial charge in [-0.1, -0.05) is 6.58 Å². The Bertz CT molecular complexity index is 548. The van der Waals surface area contributed by atoms with Crippen molar-refractivity contribution in [3.63, 3.8) is 0 Å². The Morgan fingerprint density at radius 2 is 2.38 bits per heavy atom. The van der Waals surface area contributed by atoms with E-state index in [9.17, 15) is 9.18 Å². The van der Waals surface area contributed by atoms with E-state index in [2.05, 4.69) is 11.6 Å². The minimum Gasteiger partial charge on any atom is -0.494 e. The Labute approximate surface area is 123 Å². The first-order chi connectivity index (χ1) is 10.1. The molecule has 0 saturated carbocycles. The van der Waals surface area contributed by atoms with Crippen molar-refractivity contribution >= 4 is 17.5 Å². The van der Waals surface area contributed by atoms with E-state index >= 15 is 0 Å². The molecular formula is C15H19FN2O3. The fourth-order valence-corrected chi connectivity index (χ4v) is 2.38. The lowest BCUT2D eigenvalue weighted by atomic mass is 10.1. The van der Waals surface area contributed by atoms with Crippen molar-refractivity contribution in [1.82, 2.24) is 4.98 Å². The lowest BCUT2D eigenvalue weighted by molar-refractivity contribution is -0.144. The van der Waals surface area contributed by atoms with Gasteiger partial charge in [0.2, 0.25) is 0 Å². The van der Waals surface area contributed by atoms with Crippen LogP contribution in [0.4, 0.5) is 10.2 Å². The van der Waals surface area contributed by atoms with E-state index in [0.29, 0.717) is 31.9 Å². The zero-order chi connectivity index (χ0) is 15.4. The topological polar surface area (TPSA) is 51.7 Å². The number of nitrogens with zero attached hydrogens (tertiary/aromatic N) is 2. The van der Waals surface area contributed by atoms with E-state index in [1.54, 1.807) is 0 Å². The van der Waals surface area contributed by atoms with Crippen LogP contribution in [0.25, 0.3) is 5.76 Å². The standard InChI is InChI=1S/C15H19FN2O3/c1-4-21-10(2)12-8-17-14(7-13(12)16)18-6-5-11(9-18)15(19)20-3/h7-8,11H,2,4-6,9H2,1,3H3/t11-/m0/s1. The smallest absolute Gasteiger partial charge is 0.310 e. The van der Waals surface area contributed by atoms with Crippen molar-refractivity contribution in [3.8, 4) is 0 Å². The molecule has 1 aromatic heterocycles. The Kier molecular flexibility index (Phi) is 4.77. The number of halogens is 1. The third kappa shape index (κ3) is 3.32. The Morgan fingerprint density at radius 1 is 1.62 bits per heavy atom. The highest BCUT2D eigenvalue weighted by Crippen LogP contribution is 2.26. The molecule has 1 fully saturated rings. The molecule has 114 valence electrons. The quantitative estimate of drug-likeness (QED) is 0.615. The van der Waals surface area contributed by atoms with E-state index in [1.165, 1.54) is 19.4 Å². The number of pyridine rings is 1. The van der Waals surface area contributed by atoms with E-state index in [1.807, 2.05) is 11.8 Å². The van der Waals surface area contributed by atoms with Crippen LogP contribution in [0.3, 0.4) is 0 Å². The van der Waals surface area contributed by atoms with Gasteiger partial charge >= 0.3 is 5.97 Å². The predicted octanol–water partition coefficient (Wildman–Crippen LogP) is 2.23. The molecule has 1 aliphatic rings. The molecule has 1 aromatic rings. The monoisotopic (exact) mass is 294 g/mol. The first-order valence-electron chi connectivity index (χ1n) is 6.87. The van der Waals surface area contributed by atoms with Crippen LogP contribution in [0.1, 0.15) is 18.9 Å². The number of carbonyl (C=O) groups excluding carboxylic acids is 1. The maximum Gasteiger partial charge on any atom is 0.310 e.